The molecule has 0 amide bonds. The summed E-state index contributed by atoms with van der Waals surface area (Å²) in [7, 11) is 1.43. The number of pyridine rings is 1. The van der Waals surface area contributed by atoms with Crippen LogP contribution in [0.2, 0.25) is 0 Å². The van der Waals surface area contributed by atoms with Crippen LogP contribution in [-0.4, -0.2) is 24.6 Å². The fourth-order valence-electron chi connectivity index (χ4n) is 2.42. The van der Waals surface area contributed by atoms with Gasteiger partial charge in [-0.3, -0.25) is 9.78 Å². The smallest absolute Gasteiger partial charge is 0.305 e. The van der Waals surface area contributed by atoms with Gasteiger partial charge in [0.25, 0.3) is 0 Å². The average molecular weight is 248 g/mol. The van der Waals surface area contributed by atoms with Crippen LogP contribution in [-0.2, 0) is 16.0 Å². The summed E-state index contributed by atoms with van der Waals surface area (Å²) in [5.74, 6) is -0.140. The fourth-order valence-corrected chi connectivity index (χ4v) is 2.42. The molecule has 1 N–H and O–H groups in total. The second-order valence-corrected chi connectivity index (χ2v) is 4.63. The molecule has 98 valence electrons. The molecule has 1 atom stereocenters. The van der Waals surface area contributed by atoms with Gasteiger partial charge in [-0.2, -0.15) is 0 Å². The van der Waals surface area contributed by atoms with E-state index >= 15 is 0 Å². The average Bonchev–Trinajstić information content (AvgIpc) is 2.43. The normalized spacial score (nSPS) is 18.2. The lowest BCUT2D eigenvalue weighted by molar-refractivity contribution is -0.140. The summed E-state index contributed by atoms with van der Waals surface area (Å²) in [6.07, 6.45) is 6.60. The minimum atomic E-state index is -0.140. The van der Waals surface area contributed by atoms with Crippen LogP contribution >= 0.6 is 0 Å². The monoisotopic (exact) mass is 248 g/mol. The van der Waals surface area contributed by atoms with Gasteiger partial charge in [0.15, 0.2) is 0 Å². The number of nitrogens with one attached hydrogen (secondary N) is 1. The molecule has 1 aromatic heterocycles. The number of rotatable bonds is 5. The van der Waals surface area contributed by atoms with Gasteiger partial charge in [0, 0.05) is 18.7 Å². The summed E-state index contributed by atoms with van der Waals surface area (Å²) in [4.78, 5) is 15.5. The lowest BCUT2D eigenvalue weighted by Crippen LogP contribution is -2.27. The zero-order valence-electron chi connectivity index (χ0n) is 10.8. The van der Waals surface area contributed by atoms with Crippen LogP contribution in [0.3, 0.4) is 0 Å². The number of hydrogen-bond donors (Lipinski definition) is 1. The Labute approximate surface area is 108 Å². The molecular weight excluding hydrogens is 228 g/mol. The summed E-state index contributed by atoms with van der Waals surface area (Å²) in [6.45, 7) is 0.829. The maximum atomic E-state index is 11.0. The molecule has 1 aromatic rings. The van der Waals surface area contributed by atoms with Crippen molar-refractivity contribution in [3.05, 3.63) is 29.6 Å². The number of nitrogens with zero attached hydrogens (tertiary/aromatic N) is 1. The Kier molecular flexibility index (Phi) is 4.70. The Balaban J connectivity index is 1.82. The van der Waals surface area contributed by atoms with Crippen molar-refractivity contribution in [3.63, 3.8) is 0 Å². The number of aromatic nitrogens is 1. The predicted molar refractivity (Wildman–Crippen MR) is 69.2 cm³/mol. The van der Waals surface area contributed by atoms with Gasteiger partial charge >= 0.3 is 5.97 Å². The Morgan fingerprint density at radius 3 is 3.33 bits per heavy atom. The van der Waals surface area contributed by atoms with Crippen molar-refractivity contribution < 1.29 is 9.53 Å². The molecular formula is C14H20N2O2. The second-order valence-electron chi connectivity index (χ2n) is 4.63. The van der Waals surface area contributed by atoms with Crippen LogP contribution < -0.4 is 5.32 Å². The maximum Gasteiger partial charge on any atom is 0.305 e. The summed E-state index contributed by atoms with van der Waals surface area (Å²) < 4.78 is 4.62. The van der Waals surface area contributed by atoms with Gasteiger partial charge in [-0.1, -0.05) is 6.07 Å². The second kappa shape index (κ2) is 6.50. The van der Waals surface area contributed by atoms with E-state index < -0.39 is 0 Å². The third kappa shape index (κ3) is 3.29. The number of aryl methyl sites for hydroxylation is 1. The van der Waals surface area contributed by atoms with Gasteiger partial charge in [-0.15, -0.1) is 0 Å². The number of carbonyl (C=O) groups is 1. The van der Waals surface area contributed by atoms with Crippen molar-refractivity contribution in [2.24, 2.45) is 0 Å². The van der Waals surface area contributed by atoms with Gasteiger partial charge in [-0.25, -0.2) is 0 Å². The molecule has 1 aliphatic carbocycles. The number of ether oxygens (including phenoxy) is 1. The van der Waals surface area contributed by atoms with Crippen LogP contribution in [0.5, 0.6) is 0 Å². The molecule has 18 heavy (non-hydrogen) atoms. The minimum absolute atomic E-state index is 0.140. The number of fused-ring (bicyclic) bond motifs is 1. The van der Waals surface area contributed by atoms with E-state index in [-0.39, 0.29) is 5.97 Å². The standard InChI is InChI=1S/C14H20N2O2/c1-18-13(17)8-4-9-15-12-7-2-5-11-6-3-10-16-14(11)12/h3,6,10,12,15H,2,4-5,7-9H2,1H3. The topological polar surface area (TPSA) is 51.2 Å². The molecule has 0 saturated heterocycles. The highest BCUT2D eigenvalue weighted by Gasteiger charge is 2.20. The SMILES string of the molecule is COC(=O)CCCNC1CCCc2cccnc21. The quantitative estimate of drug-likeness (QED) is 0.639. The molecule has 1 aliphatic rings. The molecule has 1 heterocycles. The fraction of sp³-hybridized carbons (Fsp3) is 0.571. The number of esters is 1. The van der Waals surface area contributed by atoms with E-state index in [1.165, 1.54) is 24.8 Å². The summed E-state index contributed by atoms with van der Waals surface area (Å²) in [5, 5.41) is 3.49. The van der Waals surface area contributed by atoms with Gasteiger partial charge in [0.1, 0.15) is 0 Å². The van der Waals surface area contributed by atoms with E-state index in [1.54, 1.807) is 0 Å². The Hall–Kier alpha value is -1.42. The van der Waals surface area contributed by atoms with E-state index in [2.05, 4.69) is 21.1 Å². The Morgan fingerprint density at radius 2 is 2.50 bits per heavy atom. The van der Waals surface area contributed by atoms with Crippen LogP contribution in [0.1, 0.15) is 43.0 Å². The number of hydrogen-bond acceptors (Lipinski definition) is 4. The first-order chi connectivity index (χ1) is 8.81. The van der Waals surface area contributed by atoms with Crippen molar-refractivity contribution in [3.8, 4) is 0 Å². The molecule has 0 aromatic carbocycles. The zero-order chi connectivity index (χ0) is 12.8. The highest BCUT2D eigenvalue weighted by molar-refractivity contribution is 5.69. The van der Waals surface area contributed by atoms with Crippen molar-refractivity contribution in [1.82, 2.24) is 10.3 Å². The molecule has 4 heteroatoms. The molecule has 0 bridgehead atoms. The van der Waals surface area contributed by atoms with E-state index in [4.69, 9.17) is 0 Å². The molecule has 0 radical (unpaired) electrons. The van der Waals surface area contributed by atoms with Crippen molar-refractivity contribution in [2.75, 3.05) is 13.7 Å². The van der Waals surface area contributed by atoms with Crippen LogP contribution in [0.4, 0.5) is 0 Å². The third-order valence-electron chi connectivity index (χ3n) is 3.37. The van der Waals surface area contributed by atoms with E-state index in [9.17, 15) is 4.79 Å². The zero-order valence-corrected chi connectivity index (χ0v) is 10.8. The van der Waals surface area contributed by atoms with Gasteiger partial charge in [0.05, 0.1) is 12.8 Å². The number of methoxy groups -OCH3 is 1. The highest BCUT2D eigenvalue weighted by Crippen LogP contribution is 2.27. The molecule has 0 aliphatic heterocycles. The van der Waals surface area contributed by atoms with Gasteiger partial charge in [0.2, 0.25) is 0 Å². The van der Waals surface area contributed by atoms with Gasteiger partial charge in [-0.05, 0) is 43.9 Å². The summed E-state index contributed by atoms with van der Waals surface area (Å²) in [6, 6.07) is 4.50. The first-order valence-electron chi connectivity index (χ1n) is 6.55. The van der Waals surface area contributed by atoms with E-state index in [0.717, 1.165) is 25.8 Å². The Morgan fingerprint density at radius 1 is 1.61 bits per heavy atom. The first kappa shape index (κ1) is 13.0. The lowest BCUT2D eigenvalue weighted by atomic mass is 9.92. The molecule has 1 unspecified atom stereocenters. The molecule has 0 saturated carbocycles. The van der Waals surface area contributed by atoms with Gasteiger partial charge < -0.3 is 10.1 Å². The largest absolute Gasteiger partial charge is 0.469 e. The first-order valence-corrected chi connectivity index (χ1v) is 6.55. The lowest BCUT2D eigenvalue weighted by Gasteiger charge is -2.25. The summed E-state index contributed by atoms with van der Waals surface area (Å²) in [5.41, 5.74) is 2.54. The molecule has 4 nitrogen and oxygen atoms in total. The van der Waals surface area contributed by atoms with Crippen LogP contribution in [0.25, 0.3) is 0 Å². The Bertz CT molecular complexity index is 407. The summed E-state index contributed by atoms with van der Waals surface area (Å²) >= 11 is 0. The van der Waals surface area contributed by atoms with Crippen LogP contribution in [0.15, 0.2) is 18.3 Å². The highest BCUT2D eigenvalue weighted by atomic mass is 16.5. The van der Waals surface area contributed by atoms with Crippen molar-refractivity contribution in [2.45, 2.75) is 38.1 Å². The minimum Gasteiger partial charge on any atom is -0.469 e. The molecule has 0 fully saturated rings. The maximum absolute atomic E-state index is 11.0. The molecule has 2 rings (SSSR count). The molecule has 0 spiro atoms. The van der Waals surface area contributed by atoms with E-state index in [1.807, 2.05) is 12.3 Å². The van der Waals surface area contributed by atoms with Crippen molar-refractivity contribution >= 4 is 5.97 Å². The number of carbonyl (C=O) groups excluding carboxylic acids is 1. The third-order valence-corrected chi connectivity index (χ3v) is 3.37. The predicted octanol–water partition coefficient (Wildman–Crippen LogP) is 2.00. The van der Waals surface area contributed by atoms with E-state index in [0.29, 0.717) is 12.5 Å². The van der Waals surface area contributed by atoms with Crippen LogP contribution in [0, 0.1) is 0 Å². The van der Waals surface area contributed by atoms with Crippen molar-refractivity contribution in [1.29, 1.82) is 0 Å².